The topological polar surface area (TPSA) is 27.7 Å². The van der Waals surface area contributed by atoms with Crippen molar-refractivity contribution >= 4 is 0 Å². The van der Waals surface area contributed by atoms with Gasteiger partial charge in [-0.25, -0.2) is 0 Å². The normalized spacial score (nSPS) is 40.1. The molecule has 5 rings (SSSR count). The Kier molecular flexibility index (Phi) is 1.72. The van der Waals surface area contributed by atoms with E-state index in [1.807, 2.05) is 6.07 Å². The summed E-state index contributed by atoms with van der Waals surface area (Å²) in [5.74, 6) is 3.01. The van der Waals surface area contributed by atoms with Crippen LogP contribution in [0.2, 0.25) is 0 Å². The Bertz CT molecular complexity index is 563. The molecule has 0 amide bonds. The number of rotatable bonds is 1. The molecule has 3 atom stereocenters. The van der Waals surface area contributed by atoms with E-state index in [9.17, 15) is 0 Å². The van der Waals surface area contributed by atoms with Crippen molar-refractivity contribution in [2.24, 2.45) is 5.92 Å². The average Bonchev–Trinajstić information content (AvgIpc) is 3.23. The largest absolute Gasteiger partial charge is 0.454 e. The summed E-state index contributed by atoms with van der Waals surface area (Å²) in [6, 6.07) is 6.37. The highest BCUT2D eigenvalue weighted by molar-refractivity contribution is 5.48. The minimum atomic E-state index is 0.129. The number of ether oxygens (including phenoxy) is 3. The second kappa shape index (κ2) is 3.09. The first-order chi connectivity index (χ1) is 9.21. The standard InChI is InChI=1S/C16H18O3/c1-10-7-15(4-5-15)19-16(10)8-12(16)11-2-3-13-14(6-11)18-9-17-13/h2-3,6,10,12H,4-5,7-9H2,1H3/t10-,12?,16-/m1/s1. The van der Waals surface area contributed by atoms with E-state index in [4.69, 9.17) is 14.2 Å². The van der Waals surface area contributed by atoms with Gasteiger partial charge in [0.05, 0.1) is 11.2 Å². The van der Waals surface area contributed by atoms with Crippen molar-refractivity contribution in [1.29, 1.82) is 0 Å². The van der Waals surface area contributed by atoms with E-state index in [2.05, 4.69) is 19.1 Å². The summed E-state index contributed by atoms with van der Waals surface area (Å²) >= 11 is 0. The van der Waals surface area contributed by atoms with Gasteiger partial charge in [-0.1, -0.05) is 13.0 Å². The van der Waals surface area contributed by atoms with Crippen molar-refractivity contribution in [3.63, 3.8) is 0 Å². The predicted molar refractivity (Wildman–Crippen MR) is 69.5 cm³/mol. The van der Waals surface area contributed by atoms with E-state index >= 15 is 0 Å². The Labute approximate surface area is 112 Å². The van der Waals surface area contributed by atoms with Crippen LogP contribution in [0.3, 0.4) is 0 Å². The van der Waals surface area contributed by atoms with Crippen LogP contribution in [-0.4, -0.2) is 18.0 Å². The molecule has 2 spiro atoms. The third kappa shape index (κ3) is 1.32. The van der Waals surface area contributed by atoms with Crippen LogP contribution < -0.4 is 9.47 Å². The van der Waals surface area contributed by atoms with Crippen molar-refractivity contribution in [3.8, 4) is 11.5 Å². The van der Waals surface area contributed by atoms with Crippen molar-refractivity contribution in [2.75, 3.05) is 6.79 Å². The predicted octanol–water partition coefficient (Wildman–Crippen LogP) is 3.23. The molecule has 3 fully saturated rings. The fourth-order valence-corrected chi connectivity index (χ4v) is 4.17. The van der Waals surface area contributed by atoms with E-state index < -0.39 is 0 Å². The zero-order valence-electron chi connectivity index (χ0n) is 11.1. The summed E-state index contributed by atoms with van der Waals surface area (Å²) in [4.78, 5) is 0. The van der Waals surface area contributed by atoms with Crippen molar-refractivity contribution in [2.45, 2.75) is 49.7 Å². The lowest BCUT2D eigenvalue weighted by Gasteiger charge is -2.16. The lowest BCUT2D eigenvalue weighted by atomic mass is 9.95. The first-order valence-corrected chi connectivity index (χ1v) is 7.31. The maximum Gasteiger partial charge on any atom is 0.231 e. The van der Waals surface area contributed by atoms with Crippen LogP contribution in [0.1, 0.15) is 44.1 Å². The van der Waals surface area contributed by atoms with Crippen LogP contribution in [0.15, 0.2) is 18.2 Å². The Balaban J connectivity index is 1.46. The van der Waals surface area contributed by atoms with Crippen LogP contribution in [-0.2, 0) is 4.74 Å². The summed E-state index contributed by atoms with van der Waals surface area (Å²) in [7, 11) is 0. The zero-order chi connectivity index (χ0) is 12.7. The molecule has 1 aromatic rings. The van der Waals surface area contributed by atoms with Gasteiger partial charge in [-0.05, 0) is 49.3 Å². The van der Waals surface area contributed by atoms with E-state index in [-0.39, 0.29) is 11.2 Å². The van der Waals surface area contributed by atoms with Crippen molar-refractivity contribution < 1.29 is 14.2 Å². The molecule has 2 aliphatic heterocycles. The number of hydrogen-bond donors (Lipinski definition) is 0. The van der Waals surface area contributed by atoms with Crippen LogP contribution in [0.25, 0.3) is 0 Å². The molecule has 2 aliphatic carbocycles. The molecule has 2 heterocycles. The van der Waals surface area contributed by atoms with Gasteiger partial charge in [-0.3, -0.25) is 0 Å². The molecular formula is C16H18O3. The van der Waals surface area contributed by atoms with Gasteiger partial charge in [0.15, 0.2) is 11.5 Å². The Morgan fingerprint density at radius 1 is 1.11 bits per heavy atom. The molecule has 0 radical (unpaired) electrons. The highest BCUT2D eigenvalue weighted by Crippen LogP contribution is 2.70. The van der Waals surface area contributed by atoms with Gasteiger partial charge < -0.3 is 14.2 Å². The van der Waals surface area contributed by atoms with Gasteiger partial charge in [0.25, 0.3) is 0 Å². The van der Waals surface area contributed by atoms with E-state index in [1.54, 1.807) is 0 Å². The van der Waals surface area contributed by atoms with Crippen LogP contribution >= 0.6 is 0 Å². The molecule has 0 aromatic heterocycles. The van der Waals surface area contributed by atoms with Gasteiger partial charge in [0, 0.05) is 5.92 Å². The van der Waals surface area contributed by atoms with E-state index in [1.165, 1.54) is 31.2 Å². The first-order valence-electron chi connectivity index (χ1n) is 7.31. The van der Waals surface area contributed by atoms with Crippen molar-refractivity contribution in [1.82, 2.24) is 0 Å². The SMILES string of the molecule is C[C@@H]1CC2(CC2)O[C@]12CC2c1ccc2c(c1)OCO2. The summed E-state index contributed by atoms with van der Waals surface area (Å²) in [5, 5.41) is 0. The molecule has 1 aromatic carbocycles. The highest BCUT2D eigenvalue weighted by Gasteiger charge is 2.70. The van der Waals surface area contributed by atoms with Crippen molar-refractivity contribution in [3.05, 3.63) is 23.8 Å². The van der Waals surface area contributed by atoms with Crippen LogP contribution in [0.4, 0.5) is 0 Å². The van der Waals surface area contributed by atoms with Gasteiger partial charge >= 0.3 is 0 Å². The number of hydrogen-bond acceptors (Lipinski definition) is 3. The molecular weight excluding hydrogens is 240 g/mol. The molecule has 100 valence electrons. The molecule has 1 saturated heterocycles. The third-order valence-corrected chi connectivity index (χ3v) is 5.48. The van der Waals surface area contributed by atoms with Gasteiger partial charge in [0.1, 0.15) is 0 Å². The van der Waals surface area contributed by atoms with Gasteiger partial charge in [-0.15, -0.1) is 0 Å². The van der Waals surface area contributed by atoms with Crippen LogP contribution in [0, 0.1) is 5.92 Å². The minimum Gasteiger partial charge on any atom is -0.454 e. The molecule has 2 saturated carbocycles. The maximum absolute atomic E-state index is 6.48. The second-order valence-corrected chi connectivity index (χ2v) is 6.71. The van der Waals surface area contributed by atoms with Gasteiger partial charge in [-0.2, -0.15) is 0 Å². The molecule has 0 bridgehead atoms. The van der Waals surface area contributed by atoms with E-state index in [0.29, 0.717) is 18.6 Å². The third-order valence-electron chi connectivity index (χ3n) is 5.48. The quantitative estimate of drug-likeness (QED) is 0.774. The maximum atomic E-state index is 6.48. The summed E-state index contributed by atoms with van der Waals surface area (Å²) < 4.78 is 17.4. The smallest absolute Gasteiger partial charge is 0.231 e. The van der Waals surface area contributed by atoms with Crippen LogP contribution in [0.5, 0.6) is 11.5 Å². The number of benzene rings is 1. The lowest BCUT2D eigenvalue weighted by molar-refractivity contribution is -0.00162. The molecule has 19 heavy (non-hydrogen) atoms. The molecule has 3 nitrogen and oxygen atoms in total. The fraction of sp³-hybridized carbons (Fsp3) is 0.625. The summed E-state index contributed by atoms with van der Waals surface area (Å²) in [6.45, 7) is 2.71. The summed E-state index contributed by atoms with van der Waals surface area (Å²) in [6.07, 6.45) is 4.98. The molecule has 3 heteroatoms. The summed E-state index contributed by atoms with van der Waals surface area (Å²) in [5.41, 5.74) is 1.75. The number of fused-ring (bicyclic) bond motifs is 1. The zero-order valence-corrected chi connectivity index (χ0v) is 11.1. The molecule has 0 N–H and O–H groups in total. The lowest BCUT2D eigenvalue weighted by Crippen LogP contribution is -2.18. The Hall–Kier alpha value is -1.22. The monoisotopic (exact) mass is 258 g/mol. The second-order valence-electron chi connectivity index (χ2n) is 6.71. The average molecular weight is 258 g/mol. The highest BCUT2D eigenvalue weighted by atomic mass is 16.7. The first kappa shape index (κ1) is 10.6. The molecule has 1 unspecified atom stereocenters. The fourth-order valence-electron chi connectivity index (χ4n) is 4.17. The Morgan fingerprint density at radius 2 is 1.95 bits per heavy atom. The Morgan fingerprint density at radius 3 is 2.74 bits per heavy atom. The minimum absolute atomic E-state index is 0.129. The molecule has 4 aliphatic rings. The van der Waals surface area contributed by atoms with Gasteiger partial charge in [0.2, 0.25) is 6.79 Å². The van der Waals surface area contributed by atoms with E-state index in [0.717, 1.165) is 11.5 Å².